The molecule has 0 unspecified atom stereocenters. The van der Waals surface area contributed by atoms with Crippen LogP contribution in [0.2, 0.25) is 0 Å². The predicted molar refractivity (Wildman–Crippen MR) is 65.1 cm³/mol. The lowest BCUT2D eigenvalue weighted by molar-refractivity contribution is -0.142. The van der Waals surface area contributed by atoms with Gasteiger partial charge in [-0.1, -0.05) is 22.0 Å². The number of nitriles is 1. The Labute approximate surface area is 108 Å². The highest BCUT2D eigenvalue weighted by atomic mass is 79.9. The van der Waals surface area contributed by atoms with Crippen molar-refractivity contribution in [2.75, 3.05) is 6.61 Å². The van der Waals surface area contributed by atoms with Crippen LogP contribution >= 0.6 is 15.9 Å². The number of carbonyl (C=O) groups is 1. The third kappa shape index (κ3) is 3.55. The molecule has 1 aromatic rings. The number of rotatable bonds is 4. The summed E-state index contributed by atoms with van der Waals surface area (Å²) in [6, 6.07) is 5.25. The second-order valence-corrected chi connectivity index (χ2v) is 4.21. The number of hydrogen-bond donors (Lipinski definition) is 1. The van der Waals surface area contributed by atoms with Gasteiger partial charge < -0.3 is 9.84 Å². The van der Waals surface area contributed by atoms with Crippen molar-refractivity contribution < 1.29 is 14.6 Å². The van der Waals surface area contributed by atoms with Gasteiger partial charge in [0.2, 0.25) is 0 Å². The van der Waals surface area contributed by atoms with E-state index in [-0.39, 0.29) is 19.0 Å². The maximum absolute atomic E-state index is 11.4. The first-order chi connectivity index (χ1) is 8.12. The van der Waals surface area contributed by atoms with Gasteiger partial charge in [0.1, 0.15) is 0 Å². The largest absolute Gasteiger partial charge is 0.466 e. The quantitative estimate of drug-likeness (QED) is 0.862. The number of nitrogens with zero attached hydrogens (tertiary/aromatic N) is 1. The summed E-state index contributed by atoms with van der Waals surface area (Å²) in [6.45, 7) is 1.88. The van der Waals surface area contributed by atoms with E-state index in [2.05, 4.69) is 15.9 Å². The number of benzene rings is 1. The third-order valence-corrected chi connectivity index (χ3v) is 2.94. The number of aliphatic hydroxyl groups excluding tert-OH is 1. The zero-order valence-corrected chi connectivity index (χ0v) is 11.0. The molecule has 0 spiro atoms. The fourth-order valence-corrected chi connectivity index (χ4v) is 1.88. The maximum atomic E-state index is 11.4. The van der Waals surface area contributed by atoms with Crippen LogP contribution < -0.4 is 0 Å². The van der Waals surface area contributed by atoms with Gasteiger partial charge in [0.15, 0.2) is 0 Å². The van der Waals surface area contributed by atoms with Crippen molar-refractivity contribution in [1.29, 1.82) is 5.26 Å². The number of ether oxygens (including phenoxy) is 1. The zero-order valence-electron chi connectivity index (χ0n) is 9.36. The highest BCUT2D eigenvalue weighted by Crippen LogP contribution is 2.22. The van der Waals surface area contributed by atoms with E-state index >= 15 is 0 Å². The molecule has 0 fully saturated rings. The summed E-state index contributed by atoms with van der Waals surface area (Å²) >= 11 is 3.25. The fraction of sp³-hybridized carbons (Fsp3) is 0.333. The van der Waals surface area contributed by atoms with Gasteiger partial charge in [-0.25, -0.2) is 0 Å². The van der Waals surface area contributed by atoms with E-state index in [1.165, 1.54) is 0 Å². The lowest BCUT2D eigenvalue weighted by atomic mass is 10.0. The monoisotopic (exact) mass is 297 g/mol. The van der Waals surface area contributed by atoms with Gasteiger partial charge >= 0.3 is 5.97 Å². The summed E-state index contributed by atoms with van der Waals surface area (Å²) in [7, 11) is 0. The molecule has 90 valence electrons. The van der Waals surface area contributed by atoms with Crippen LogP contribution in [0.15, 0.2) is 16.6 Å². The average Bonchev–Trinajstić information content (AvgIpc) is 2.31. The van der Waals surface area contributed by atoms with Gasteiger partial charge in [-0.15, -0.1) is 0 Å². The lowest BCUT2D eigenvalue weighted by Crippen LogP contribution is -2.09. The lowest BCUT2D eigenvalue weighted by Gasteiger charge is -2.08. The standard InChI is InChI=1S/C12H12BrNO3/c1-2-17-12(16)5-8-3-10(7-15)11(13)4-9(8)6-14/h3-4,15H,2,5,7H2,1H3. The number of halogens is 1. The van der Waals surface area contributed by atoms with Gasteiger partial charge in [-0.2, -0.15) is 5.26 Å². The summed E-state index contributed by atoms with van der Waals surface area (Å²) < 4.78 is 5.48. The van der Waals surface area contributed by atoms with Crippen LogP contribution in [0.3, 0.4) is 0 Å². The van der Waals surface area contributed by atoms with Crippen molar-refractivity contribution >= 4 is 21.9 Å². The van der Waals surface area contributed by atoms with Gasteiger partial charge in [-0.05, 0) is 24.1 Å². The Balaban J connectivity index is 3.05. The summed E-state index contributed by atoms with van der Waals surface area (Å²) in [5.74, 6) is -0.379. The molecular formula is C12H12BrNO3. The minimum absolute atomic E-state index is 0.0387. The second-order valence-electron chi connectivity index (χ2n) is 3.35. The summed E-state index contributed by atoms with van der Waals surface area (Å²) in [4.78, 5) is 11.4. The fourth-order valence-electron chi connectivity index (χ4n) is 1.41. The van der Waals surface area contributed by atoms with E-state index in [9.17, 15) is 4.79 Å². The van der Waals surface area contributed by atoms with Crippen molar-refractivity contribution in [3.05, 3.63) is 33.3 Å². The second kappa shape index (κ2) is 6.38. The summed E-state index contributed by atoms with van der Waals surface area (Å²) in [6.07, 6.45) is 0.0387. The van der Waals surface area contributed by atoms with E-state index < -0.39 is 0 Å². The highest BCUT2D eigenvalue weighted by molar-refractivity contribution is 9.10. The first-order valence-corrected chi connectivity index (χ1v) is 5.89. The molecule has 1 rings (SSSR count). The van der Waals surface area contributed by atoms with Crippen molar-refractivity contribution in [3.63, 3.8) is 0 Å². The molecule has 0 aliphatic rings. The Morgan fingerprint density at radius 2 is 2.24 bits per heavy atom. The Bertz CT molecular complexity index is 466. The molecule has 0 saturated heterocycles. The molecule has 0 saturated carbocycles. The van der Waals surface area contributed by atoms with E-state index in [0.717, 1.165) is 0 Å². The Morgan fingerprint density at radius 1 is 1.53 bits per heavy atom. The molecule has 1 N–H and O–H groups in total. The van der Waals surface area contributed by atoms with Crippen LogP contribution in [-0.2, 0) is 22.6 Å². The average molecular weight is 298 g/mol. The topological polar surface area (TPSA) is 70.3 Å². The maximum Gasteiger partial charge on any atom is 0.310 e. The van der Waals surface area contributed by atoms with E-state index in [1.807, 2.05) is 6.07 Å². The number of esters is 1. The highest BCUT2D eigenvalue weighted by Gasteiger charge is 2.12. The van der Waals surface area contributed by atoms with Crippen LogP contribution in [0, 0.1) is 11.3 Å². The molecular weight excluding hydrogens is 286 g/mol. The number of carbonyl (C=O) groups excluding carboxylic acids is 1. The normalized spacial score (nSPS) is 9.76. The smallest absolute Gasteiger partial charge is 0.310 e. The Hall–Kier alpha value is -1.38. The molecule has 0 radical (unpaired) electrons. The Morgan fingerprint density at radius 3 is 2.76 bits per heavy atom. The molecule has 0 amide bonds. The van der Waals surface area contributed by atoms with E-state index in [4.69, 9.17) is 15.1 Å². The molecule has 17 heavy (non-hydrogen) atoms. The molecule has 0 aromatic heterocycles. The first kappa shape index (κ1) is 13.7. The van der Waals surface area contributed by atoms with E-state index in [1.54, 1.807) is 19.1 Å². The van der Waals surface area contributed by atoms with Crippen LogP contribution in [0.25, 0.3) is 0 Å². The number of aliphatic hydroxyl groups is 1. The van der Waals surface area contributed by atoms with E-state index in [0.29, 0.717) is 27.8 Å². The molecule has 1 aromatic carbocycles. The van der Waals surface area contributed by atoms with Gasteiger partial charge in [-0.3, -0.25) is 4.79 Å². The van der Waals surface area contributed by atoms with Gasteiger partial charge in [0, 0.05) is 4.47 Å². The molecule has 0 aliphatic heterocycles. The van der Waals surface area contributed by atoms with Crippen LogP contribution in [0.4, 0.5) is 0 Å². The predicted octanol–water partition coefficient (Wildman–Crippen LogP) is 1.92. The summed E-state index contributed by atoms with van der Waals surface area (Å²) in [5, 5.41) is 18.1. The zero-order chi connectivity index (χ0) is 12.8. The van der Waals surface area contributed by atoms with Crippen molar-refractivity contribution in [2.24, 2.45) is 0 Å². The van der Waals surface area contributed by atoms with Crippen molar-refractivity contribution in [1.82, 2.24) is 0 Å². The SMILES string of the molecule is CCOC(=O)Cc1cc(CO)c(Br)cc1C#N. The molecule has 4 nitrogen and oxygen atoms in total. The Kier molecular flexibility index (Phi) is 5.13. The van der Waals surface area contributed by atoms with Crippen LogP contribution in [0.5, 0.6) is 0 Å². The third-order valence-electron chi connectivity index (χ3n) is 2.20. The van der Waals surface area contributed by atoms with Crippen molar-refractivity contribution in [3.8, 4) is 6.07 Å². The minimum Gasteiger partial charge on any atom is -0.466 e. The van der Waals surface area contributed by atoms with Crippen LogP contribution in [0.1, 0.15) is 23.6 Å². The van der Waals surface area contributed by atoms with Crippen molar-refractivity contribution in [2.45, 2.75) is 20.0 Å². The number of hydrogen-bond acceptors (Lipinski definition) is 4. The molecule has 0 heterocycles. The molecule has 0 aliphatic carbocycles. The molecule has 0 atom stereocenters. The van der Waals surface area contributed by atoms with Gasteiger partial charge in [0.05, 0.1) is 31.3 Å². The summed E-state index contributed by atoms with van der Waals surface area (Å²) in [5.41, 5.74) is 1.61. The first-order valence-electron chi connectivity index (χ1n) is 5.10. The molecule has 5 heteroatoms. The van der Waals surface area contributed by atoms with Crippen LogP contribution in [-0.4, -0.2) is 17.7 Å². The minimum atomic E-state index is -0.379. The van der Waals surface area contributed by atoms with Gasteiger partial charge in [0.25, 0.3) is 0 Å². The molecule has 0 bridgehead atoms.